The largest absolute Gasteiger partial charge is 0.390 e. The van der Waals surface area contributed by atoms with E-state index in [0.717, 1.165) is 29.4 Å². The number of amides is 1. The molecule has 0 saturated heterocycles. The minimum atomic E-state index is -0.643. The smallest absolute Gasteiger partial charge is 0.268 e. The van der Waals surface area contributed by atoms with Crippen molar-refractivity contribution in [3.05, 3.63) is 58.0 Å². The predicted octanol–water partition coefficient (Wildman–Crippen LogP) is 4.07. The van der Waals surface area contributed by atoms with Crippen molar-refractivity contribution in [1.29, 1.82) is 0 Å². The molecule has 192 valence electrons. The van der Waals surface area contributed by atoms with Crippen LogP contribution in [-0.2, 0) is 6.54 Å². The number of benzene rings is 1. The number of carbonyl (C=O) groups excluding carboxylic acids is 1. The highest BCUT2D eigenvalue weighted by Gasteiger charge is 2.20. The molecule has 2 heterocycles. The maximum absolute atomic E-state index is 13.2. The van der Waals surface area contributed by atoms with E-state index >= 15 is 0 Å². The third-order valence-electron chi connectivity index (χ3n) is 6.11. The van der Waals surface area contributed by atoms with Crippen LogP contribution in [0.15, 0.2) is 30.5 Å². The van der Waals surface area contributed by atoms with Gasteiger partial charge in [-0.05, 0) is 55.6 Å². The summed E-state index contributed by atoms with van der Waals surface area (Å²) >= 11 is 6.22. The monoisotopic (exact) mass is 509 g/mol. The molecule has 4 N–H and O–H groups in total. The number of aliphatic hydroxyl groups is 1. The Morgan fingerprint density at radius 2 is 1.97 bits per heavy atom. The second-order valence-corrected chi connectivity index (χ2v) is 9.85. The predicted molar refractivity (Wildman–Crippen MR) is 147 cm³/mol. The molecule has 8 heteroatoms. The number of hydrogen-bond donors (Lipinski definition) is 3. The number of carbonyl (C=O) groups is 1. The second kappa shape index (κ2) is 12.3. The molecule has 0 spiro atoms. The number of halogens is 1. The number of aromatic nitrogens is 2. The number of nitrogens with two attached hydrogens (primary N) is 1. The lowest BCUT2D eigenvalue weighted by atomic mass is 10.1. The molecule has 3 rings (SSSR count). The van der Waals surface area contributed by atoms with Crippen molar-refractivity contribution >= 4 is 34.1 Å². The van der Waals surface area contributed by atoms with Gasteiger partial charge in [0.25, 0.3) is 5.91 Å². The van der Waals surface area contributed by atoms with E-state index < -0.39 is 6.10 Å². The number of likely N-dealkylation sites (N-methyl/N-ethyl adjacent to an activating group) is 1. The lowest BCUT2D eigenvalue weighted by Gasteiger charge is -2.22. The Labute approximate surface area is 218 Å². The number of nitrogen functional groups attached to an aromatic ring is 1. The summed E-state index contributed by atoms with van der Waals surface area (Å²) in [5.41, 5.74) is 8.87. The fraction of sp³-hybridized carbons (Fsp3) is 0.429. The Morgan fingerprint density at radius 3 is 2.64 bits per heavy atom. The standard InChI is InChI=1S/C28H36ClN5O2/c1-6-33(7-2)17-23(35)15-32-28(36)26-19(5)12-22(34(26)16-18(3)4)10-11-24-25-13-21(29)9-8-20(25)14-31-27(24)30/h8-9,12-14,18,23,35H,6-7,15-17H2,1-5H3,(H2,30,31)(H,32,36). The molecule has 1 unspecified atom stereocenters. The summed E-state index contributed by atoms with van der Waals surface area (Å²) in [6.45, 7) is 13.2. The number of aliphatic hydroxyl groups excluding tert-OH is 1. The molecule has 1 atom stereocenters. The first-order chi connectivity index (χ1) is 17.1. The van der Waals surface area contributed by atoms with Crippen LogP contribution in [0.2, 0.25) is 5.02 Å². The number of aryl methyl sites for hydroxylation is 1. The number of nitrogens with one attached hydrogen (secondary N) is 1. The fourth-order valence-electron chi connectivity index (χ4n) is 4.24. The molecule has 3 aromatic rings. The lowest BCUT2D eigenvalue weighted by molar-refractivity contribution is 0.0860. The molecule has 0 bridgehead atoms. The summed E-state index contributed by atoms with van der Waals surface area (Å²) in [7, 11) is 0. The van der Waals surface area contributed by atoms with Crippen molar-refractivity contribution < 1.29 is 9.90 Å². The van der Waals surface area contributed by atoms with Crippen molar-refractivity contribution in [3.63, 3.8) is 0 Å². The number of fused-ring (bicyclic) bond motifs is 1. The molecule has 1 aromatic carbocycles. The molecule has 0 aliphatic heterocycles. The Hall–Kier alpha value is -3.05. The number of hydrogen-bond acceptors (Lipinski definition) is 5. The average Bonchev–Trinajstić information content (AvgIpc) is 3.14. The molecule has 36 heavy (non-hydrogen) atoms. The summed E-state index contributed by atoms with van der Waals surface area (Å²) in [4.78, 5) is 19.6. The van der Waals surface area contributed by atoms with Crippen molar-refractivity contribution in [2.24, 2.45) is 5.92 Å². The van der Waals surface area contributed by atoms with Crippen LogP contribution in [0.25, 0.3) is 10.8 Å². The van der Waals surface area contributed by atoms with Crippen molar-refractivity contribution in [3.8, 4) is 11.8 Å². The Morgan fingerprint density at radius 1 is 1.25 bits per heavy atom. The highest BCUT2D eigenvalue weighted by Crippen LogP contribution is 2.25. The van der Waals surface area contributed by atoms with E-state index in [9.17, 15) is 9.90 Å². The third-order valence-corrected chi connectivity index (χ3v) is 6.35. The first-order valence-corrected chi connectivity index (χ1v) is 12.8. The minimum absolute atomic E-state index is 0.182. The topological polar surface area (TPSA) is 96.4 Å². The van der Waals surface area contributed by atoms with Gasteiger partial charge in [0.2, 0.25) is 0 Å². The minimum Gasteiger partial charge on any atom is -0.390 e. The summed E-state index contributed by atoms with van der Waals surface area (Å²) < 4.78 is 1.95. The zero-order chi connectivity index (χ0) is 26.4. The molecular formula is C28H36ClN5O2. The van der Waals surface area contributed by atoms with E-state index in [1.807, 2.05) is 29.7 Å². The van der Waals surface area contributed by atoms with E-state index in [2.05, 4.69) is 54.7 Å². The summed E-state index contributed by atoms with van der Waals surface area (Å²) in [5.74, 6) is 6.80. The van der Waals surface area contributed by atoms with E-state index in [1.54, 1.807) is 12.3 Å². The van der Waals surface area contributed by atoms with Gasteiger partial charge in [-0.15, -0.1) is 0 Å². The van der Waals surface area contributed by atoms with Crippen LogP contribution in [0, 0.1) is 24.7 Å². The van der Waals surface area contributed by atoms with Crippen LogP contribution in [0.3, 0.4) is 0 Å². The van der Waals surface area contributed by atoms with Gasteiger partial charge in [-0.25, -0.2) is 4.98 Å². The zero-order valence-electron chi connectivity index (χ0n) is 21.7. The summed E-state index contributed by atoms with van der Waals surface area (Å²) in [5, 5.41) is 15.6. The molecule has 7 nitrogen and oxygen atoms in total. The van der Waals surface area contributed by atoms with Crippen molar-refractivity contribution in [2.75, 3.05) is 31.9 Å². The van der Waals surface area contributed by atoms with Crippen LogP contribution < -0.4 is 11.1 Å². The van der Waals surface area contributed by atoms with Gasteiger partial charge in [0, 0.05) is 41.6 Å². The molecule has 0 radical (unpaired) electrons. The first-order valence-electron chi connectivity index (χ1n) is 12.4. The zero-order valence-corrected chi connectivity index (χ0v) is 22.5. The van der Waals surface area contributed by atoms with Crippen LogP contribution >= 0.6 is 11.6 Å². The molecule has 0 aliphatic rings. The van der Waals surface area contributed by atoms with Gasteiger partial charge in [-0.2, -0.15) is 0 Å². The van der Waals surface area contributed by atoms with Gasteiger partial charge in [0.15, 0.2) is 0 Å². The Bertz CT molecular complexity index is 1280. The molecule has 1 amide bonds. The highest BCUT2D eigenvalue weighted by atomic mass is 35.5. The average molecular weight is 510 g/mol. The SMILES string of the molecule is CCN(CC)CC(O)CNC(=O)c1c(C)cc(C#Cc2c(N)ncc3ccc(Cl)cc23)n1CC(C)C. The van der Waals surface area contributed by atoms with Gasteiger partial charge >= 0.3 is 0 Å². The van der Waals surface area contributed by atoms with Gasteiger partial charge in [-0.3, -0.25) is 4.79 Å². The number of anilines is 1. The quantitative estimate of drug-likeness (QED) is 0.378. The van der Waals surface area contributed by atoms with E-state index in [-0.39, 0.29) is 12.5 Å². The van der Waals surface area contributed by atoms with Crippen LogP contribution in [-0.4, -0.2) is 57.7 Å². The van der Waals surface area contributed by atoms with Gasteiger partial charge < -0.3 is 25.6 Å². The number of rotatable bonds is 9. The van der Waals surface area contributed by atoms with Crippen LogP contribution in [0.5, 0.6) is 0 Å². The Balaban J connectivity index is 1.94. The van der Waals surface area contributed by atoms with Crippen LogP contribution in [0.1, 0.15) is 55.0 Å². The van der Waals surface area contributed by atoms with Gasteiger partial charge in [0.1, 0.15) is 11.5 Å². The molecule has 0 aliphatic carbocycles. The van der Waals surface area contributed by atoms with E-state index in [4.69, 9.17) is 17.3 Å². The van der Waals surface area contributed by atoms with Crippen molar-refractivity contribution in [1.82, 2.24) is 19.8 Å². The molecule has 0 saturated carbocycles. The number of pyridine rings is 1. The maximum atomic E-state index is 13.2. The maximum Gasteiger partial charge on any atom is 0.268 e. The second-order valence-electron chi connectivity index (χ2n) is 9.42. The summed E-state index contributed by atoms with van der Waals surface area (Å²) in [6, 6.07) is 7.44. The molecule has 2 aromatic heterocycles. The molecular weight excluding hydrogens is 474 g/mol. The third kappa shape index (κ3) is 6.58. The number of nitrogens with zero attached hydrogens (tertiary/aromatic N) is 3. The summed E-state index contributed by atoms with van der Waals surface area (Å²) in [6.07, 6.45) is 1.06. The van der Waals surface area contributed by atoms with Gasteiger partial charge in [-0.1, -0.05) is 51.3 Å². The normalized spacial score (nSPS) is 12.1. The lowest BCUT2D eigenvalue weighted by Crippen LogP contribution is -2.40. The highest BCUT2D eigenvalue weighted by molar-refractivity contribution is 6.31. The first kappa shape index (κ1) is 27.5. The van der Waals surface area contributed by atoms with E-state index in [0.29, 0.717) is 46.8 Å². The van der Waals surface area contributed by atoms with Crippen LogP contribution in [0.4, 0.5) is 5.82 Å². The van der Waals surface area contributed by atoms with Crippen molar-refractivity contribution in [2.45, 2.75) is 47.3 Å². The Kier molecular flexibility index (Phi) is 9.38. The fourth-order valence-corrected chi connectivity index (χ4v) is 4.41. The van der Waals surface area contributed by atoms with Gasteiger partial charge in [0.05, 0.1) is 17.4 Å². The van der Waals surface area contributed by atoms with E-state index in [1.165, 1.54) is 0 Å². The molecule has 0 fully saturated rings.